The number of hydrogen-bond acceptors (Lipinski definition) is 3. The monoisotopic (exact) mass is 300 g/mol. The van der Waals surface area contributed by atoms with Crippen LogP contribution in [-0.2, 0) is 0 Å². The van der Waals surface area contributed by atoms with Crippen LogP contribution in [0.25, 0.3) is 0 Å². The standard InChI is InChI=1S/C16H16N2O2S/c1-10-9-12(19)7-8-13(10)16(20)18-14(15(17)21)11-5-3-2-4-6-11/h2-9,14,19H,1H3,(H2,17,21)(H,18,20). The molecule has 1 unspecified atom stereocenters. The van der Waals surface area contributed by atoms with Crippen molar-refractivity contribution < 1.29 is 9.90 Å². The lowest BCUT2D eigenvalue weighted by Crippen LogP contribution is -2.36. The smallest absolute Gasteiger partial charge is 0.252 e. The van der Waals surface area contributed by atoms with Crippen LogP contribution in [0.15, 0.2) is 48.5 Å². The molecule has 0 bridgehead atoms. The molecule has 0 saturated carbocycles. The normalized spacial score (nSPS) is 11.7. The maximum Gasteiger partial charge on any atom is 0.252 e. The molecule has 1 atom stereocenters. The summed E-state index contributed by atoms with van der Waals surface area (Å²) in [5.74, 6) is -0.160. The number of phenols is 1. The van der Waals surface area contributed by atoms with Crippen LogP contribution in [0.4, 0.5) is 0 Å². The third kappa shape index (κ3) is 3.58. The van der Waals surface area contributed by atoms with Gasteiger partial charge in [-0.2, -0.15) is 0 Å². The quantitative estimate of drug-likeness (QED) is 0.758. The second-order valence-electron chi connectivity index (χ2n) is 4.72. The van der Waals surface area contributed by atoms with E-state index in [1.54, 1.807) is 13.0 Å². The van der Waals surface area contributed by atoms with E-state index in [1.165, 1.54) is 12.1 Å². The van der Waals surface area contributed by atoms with Gasteiger partial charge in [-0.1, -0.05) is 42.5 Å². The summed E-state index contributed by atoms with van der Waals surface area (Å²) in [5.41, 5.74) is 7.72. The zero-order valence-electron chi connectivity index (χ0n) is 11.5. The fourth-order valence-corrected chi connectivity index (χ4v) is 2.27. The van der Waals surface area contributed by atoms with Crippen LogP contribution in [0.3, 0.4) is 0 Å². The van der Waals surface area contributed by atoms with Gasteiger partial charge in [-0.25, -0.2) is 0 Å². The summed E-state index contributed by atoms with van der Waals surface area (Å²) in [4.78, 5) is 12.6. The first-order chi connectivity index (χ1) is 9.99. The summed E-state index contributed by atoms with van der Waals surface area (Å²) in [6, 6.07) is 13.4. The Bertz CT molecular complexity index is 671. The second kappa shape index (κ2) is 6.37. The number of benzene rings is 2. The summed E-state index contributed by atoms with van der Waals surface area (Å²) in [7, 11) is 0. The number of nitrogens with two attached hydrogens (primary N) is 1. The number of rotatable bonds is 4. The average molecular weight is 300 g/mol. The molecule has 0 saturated heterocycles. The number of carbonyl (C=O) groups excluding carboxylic acids is 1. The van der Waals surface area contributed by atoms with Crippen molar-refractivity contribution in [2.24, 2.45) is 5.73 Å². The third-order valence-corrected chi connectivity index (χ3v) is 3.38. The summed E-state index contributed by atoms with van der Waals surface area (Å²) in [5, 5.41) is 12.2. The predicted octanol–water partition coefficient (Wildman–Crippen LogP) is 2.46. The van der Waals surface area contributed by atoms with Crippen molar-refractivity contribution in [2.45, 2.75) is 13.0 Å². The van der Waals surface area contributed by atoms with Gasteiger partial charge in [-0.05, 0) is 36.2 Å². The minimum atomic E-state index is -0.526. The number of thiocarbonyl (C=S) groups is 1. The van der Waals surface area contributed by atoms with E-state index < -0.39 is 6.04 Å². The fourth-order valence-electron chi connectivity index (χ4n) is 2.08. The van der Waals surface area contributed by atoms with Gasteiger partial charge in [0.15, 0.2) is 0 Å². The molecule has 4 N–H and O–H groups in total. The zero-order valence-corrected chi connectivity index (χ0v) is 12.4. The van der Waals surface area contributed by atoms with Crippen molar-refractivity contribution >= 4 is 23.1 Å². The molecule has 1 amide bonds. The van der Waals surface area contributed by atoms with Gasteiger partial charge in [0.1, 0.15) is 16.8 Å². The van der Waals surface area contributed by atoms with Crippen molar-refractivity contribution in [2.75, 3.05) is 0 Å². The molecule has 0 aromatic heterocycles. The largest absolute Gasteiger partial charge is 0.508 e. The highest BCUT2D eigenvalue weighted by molar-refractivity contribution is 7.80. The Labute approximate surface area is 128 Å². The van der Waals surface area contributed by atoms with Crippen LogP contribution in [0.5, 0.6) is 5.75 Å². The minimum absolute atomic E-state index is 0.123. The SMILES string of the molecule is Cc1cc(O)ccc1C(=O)NC(C(N)=S)c1ccccc1. The second-order valence-corrected chi connectivity index (χ2v) is 5.19. The first-order valence-electron chi connectivity index (χ1n) is 6.44. The van der Waals surface area contributed by atoms with Crippen LogP contribution in [0.1, 0.15) is 27.5 Å². The Morgan fingerprint density at radius 1 is 1.24 bits per heavy atom. The topological polar surface area (TPSA) is 75.3 Å². The highest BCUT2D eigenvalue weighted by Gasteiger charge is 2.19. The van der Waals surface area contributed by atoms with Crippen LogP contribution in [0, 0.1) is 6.92 Å². The summed E-state index contributed by atoms with van der Waals surface area (Å²) < 4.78 is 0. The first kappa shape index (κ1) is 15.0. The lowest BCUT2D eigenvalue weighted by Gasteiger charge is -2.18. The van der Waals surface area contributed by atoms with Crippen LogP contribution >= 0.6 is 12.2 Å². The van der Waals surface area contributed by atoms with Gasteiger partial charge in [0.05, 0.1) is 0 Å². The van der Waals surface area contributed by atoms with Gasteiger partial charge in [0.25, 0.3) is 5.91 Å². The Balaban J connectivity index is 2.25. The van der Waals surface area contributed by atoms with E-state index in [1.807, 2.05) is 30.3 Å². The number of nitrogens with one attached hydrogen (secondary N) is 1. The summed E-state index contributed by atoms with van der Waals surface area (Å²) in [6.45, 7) is 1.76. The number of carbonyl (C=O) groups is 1. The molecule has 0 aliphatic heterocycles. The van der Waals surface area contributed by atoms with Crippen molar-refractivity contribution in [1.82, 2.24) is 5.32 Å². The molecule has 5 heteroatoms. The van der Waals surface area contributed by atoms with E-state index in [9.17, 15) is 9.90 Å². The first-order valence-corrected chi connectivity index (χ1v) is 6.84. The number of hydrogen-bond donors (Lipinski definition) is 3. The molecule has 0 fully saturated rings. The van der Waals surface area contributed by atoms with Crippen LogP contribution < -0.4 is 11.1 Å². The average Bonchev–Trinajstić information content (AvgIpc) is 2.45. The molecule has 2 aromatic rings. The van der Waals surface area contributed by atoms with Gasteiger partial charge < -0.3 is 16.2 Å². The maximum atomic E-state index is 12.4. The van der Waals surface area contributed by atoms with Gasteiger partial charge >= 0.3 is 0 Å². The maximum absolute atomic E-state index is 12.4. The number of aromatic hydroxyl groups is 1. The van der Waals surface area contributed by atoms with Crippen molar-refractivity contribution in [3.05, 3.63) is 65.2 Å². The van der Waals surface area contributed by atoms with Gasteiger partial charge in [0, 0.05) is 5.56 Å². The highest BCUT2D eigenvalue weighted by Crippen LogP contribution is 2.18. The van der Waals surface area contributed by atoms with Crippen molar-refractivity contribution in [1.29, 1.82) is 0 Å². The predicted molar refractivity (Wildman–Crippen MR) is 86.3 cm³/mol. The zero-order chi connectivity index (χ0) is 15.4. The molecule has 0 aliphatic carbocycles. The Morgan fingerprint density at radius 2 is 1.90 bits per heavy atom. The lowest BCUT2D eigenvalue weighted by atomic mass is 10.0. The van der Waals surface area contributed by atoms with Gasteiger partial charge in [-0.15, -0.1) is 0 Å². The van der Waals surface area contributed by atoms with Crippen molar-refractivity contribution in [3.63, 3.8) is 0 Å². The Morgan fingerprint density at radius 3 is 2.48 bits per heavy atom. The molecule has 21 heavy (non-hydrogen) atoms. The molecule has 0 heterocycles. The molecular formula is C16H16N2O2S. The van der Waals surface area contributed by atoms with E-state index in [2.05, 4.69) is 5.32 Å². The van der Waals surface area contributed by atoms with E-state index >= 15 is 0 Å². The van der Waals surface area contributed by atoms with Gasteiger partial charge in [-0.3, -0.25) is 4.79 Å². The highest BCUT2D eigenvalue weighted by atomic mass is 32.1. The molecule has 0 radical (unpaired) electrons. The molecule has 0 aliphatic rings. The Hall–Kier alpha value is -2.40. The molecule has 4 nitrogen and oxygen atoms in total. The van der Waals surface area contributed by atoms with Crippen LogP contribution in [-0.4, -0.2) is 16.0 Å². The fraction of sp³-hybridized carbons (Fsp3) is 0.125. The molecular weight excluding hydrogens is 284 g/mol. The number of amides is 1. The van der Waals surface area contributed by atoms with Crippen LogP contribution in [0.2, 0.25) is 0 Å². The van der Waals surface area contributed by atoms with E-state index in [0.717, 1.165) is 5.56 Å². The van der Waals surface area contributed by atoms with Crippen molar-refractivity contribution in [3.8, 4) is 5.75 Å². The van der Waals surface area contributed by atoms with E-state index in [4.69, 9.17) is 18.0 Å². The minimum Gasteiger partial charge on any atom is -0.508 e. The molecule has 2 rings (SSSR count). The van der Waals surface area contributed by atoms with Gasteiger partial charge in [0.2, 0.25) is 0 Å². The Kier molecular flexibility index (Phi) is 4.55. The number of aryl methyl sites for hydroxylation is 1. The van der Waals surface area contributed by atoms with E-state index in [0.29, 0.717) is 11.1 Å². The molecule has 0 spiro atoms. The third-order valence-electron chi connectivity index (χ3n) is 3.15. The van der Waals surface area contributed by atoms with E-state index in [-0.39, 0.29) is 16.6 Å². The summed E-state index contributed by atoms with van der Waals surface area (Å²) in [6.07, 6.45) is 0. The number of phenolic OH excluding ortho intramolecular Hbond substituents is 1. The lowest BCUT2D eigenvalue weighted by molar-refractivity contribution is 0.0946. The molecule has 108 valence electrons. The summed E-state index contributed by atoms with van der Waals surface area (Å²) >= 11 is 5.04. The molecule has 2 aromatic carbocycles.